The molecule has 0 aliphatic carbocycles. The number of anilines is 1. The largest absolute Gasteiger partial charge is 0.491 e. The summed E-state index contributed by atoms with van der Waals surface area (Å²) >= 11 is 0. The van der Waals surface area contributed by atoms with Crippen molar-refractivity contribution in [2.45, 2.75) is 38.6 Å². The Balaban J connectivity index is 1.56. The maximum absolute atomic E-state index is 11.8. The van der Waals surface area contributed by atoms with Gasteiger partial charge < -0.3 is 24.3 Å². The van der Waals surface area contributed by atoms with E-state index < -0.39 is 17.7 Å². The third kappa shape index (κ3) is 4.51. The first-order valence-corrected chi connectivity index (χ1v) is 8.21. The van der Waals surface area contributed by atoms with Crippen LogP contribution in [0.5, 0.6) is 5.75 Å². The number of carbonyl (C=O) groups excluding carboxylic acids is 2. The second kappa shape index (κ2) is 7.14. The standard InChI is InChI=1S/C18H21NO6/c1-18(2)24-16(20)15(17(21)25-18)10-19-12-5-7-13(8-6-12)23-11-14-4-3-9-22-14/h5-8,10,14,19H,3-4,9,11H2,1-2H3. The molecule has 0 aromatic heterocycles. The lowest BCUT2D eigenvalue weighted by Gasteiger charge is -2.29. The van der Waals surface area contributed by atoms with Crippen LogP contribution in [-0.4, -0.2) is 37.0 Å². The number of benzene rings is 1. The molecule has 1 atom stereocenters. The summed E-state index contributed by atoms with van der Waals surface area (Å²) < 4.78 is 21.2. The van der Waals surface area contributed by atoms with Crippen LogP contribution < -0.4 is 10.1 Å². The molecule has 1 aromatic rings. The van der Waals surface area contributed by atoms with E-state index in [2.05, 4.69) is 5.32 Å². The van der Waals surface area contributed by atoms with E-state index >= 15 is 0 Å². The van der Waals surface area contributed by atoms with Crippen LogP contribution >= 0.6 is 0 Å². The van der Waals surface area contributed by atoms with Gasteiger partial charge in [0, 0.05) is 32.3 Å². The topological polar surface area (TPSA) is 83.1 Å². The second-order valence-corrected chi connectivity index (χ2v) is 6.35. The molecule has 1 unspecified atom stereocenters. The molecule has 25 heavy (non-hydrogen) atoms. The Labute approximate surface area is 145 Å². The summed E-state index contributed by atoms with van der Waals surface area (Å²) in [5, 5.41) is 2.88. The molecule has 0 bridgehead atoms. The number of esters is 2. The molecule has 2 aliphatic rings. The van der Waals surface area contributed by atoms with Crippen LogP contribution in [-0.2, 0) is 23.8 Å². The smallest absolute Gasteiger partial charge is 0.350 e. The lowest BCUT2D eigenvalue weighted by molar-refractivity contribution is -0.222. The Hall–Kier alpha value is -2.54. The van der Waals surface area contributed by atoms with Gasteiger partial charge in [0.15, 0.2) is 5.57 Å². The molecular formula is C18H21NO6. The van der Waals surface area contributed by atoms with Gasteiger partial charge in [-0.15, -0.1) is 0 Å². The van der Waals surface area contributed by atoms with Crippen LogP contribution in [0.1, 0.15) is 26.7 Å². The predicted molar refractivity (Wildman–Crippen MR) is 88.9 cm³/mol. The number of cyclic esters (lactones) is 2. The molecular weight excluding hydrogens is 326 g/mol. The average Bonchev–Trinajstić information content (AvgIpc) is 3.05. The first kappa shape index (κ1) is 17.3. The Kier molecular flexibility index (Phi) is 4.94. The monoisotopic (exact) mass is 347 g/mol. The summed E-state index contributed by atoms with van der Waals surface area (Å²) in [6.07, 6.45) is 3.54. The van der Waals surface area contributed by atoms with Gasteiger partial charge in [0.1, 0.15) is 12.4 Å². The molecule has 1 N–H and O–H groups in total. The minimum absolute atomic E-state index is 0.162. The van der Waals surface area contributed by atoms with Crippen LogP contribution in [0.4, 0.5) is 5.69 Å². The van der Waals surface area contributed by atoms with Crippen molar-refractivity contribution in [3.63, 3.8) is 0 Å². The maximum atomic E-state index is 11.8. The average molecular weight is 347 g/mol. The van der Waals surface area contributed by atoms with E-state index in [-0.39, 0.29) is 11.7 Å². The van der Waals surface area contributed by atoms with Gasteiger partial charge in [-0.2, -0.15) is 0 Å². The van der Waals surface area contributed by atoms with Crippen molar-refractivity contribution >= 4 is 17.6 Å². The van der Waals surface area contributed by atoms with Crippen LogP contribution in [0.2, 0.25) is 0 Å². The van der Waals surface area contributed by atoms with Crippen molar-refractivity contribution in [2.24, 2.45) is 0 Å². The van der Waals surface area contributed by atoms with E-state index in [4.69, 9.17) is 18.9 Å². The van der Waals surface area contributed by atoms with E-state index in [1.165, 1.54) is 20.0 Å². The van der Waals surface area contributed by atoms with E-state index in [9.17, 15) is 9.59 Å². The highest BCUT2D eigenvalue weighted by molar-refractivity contribution is 6.15. The lowest BCUT2D eigenvalue weighted by atomic mass is 10.2. The van der Waals surface area contributed by atoms with Gasteiger partial charge in [-0.25, -0.2) is 9.59 Å². The zero-order chi connectivity index (χ0) is 17.9. The number of hydrogen-bond donors (Lipinski definition) is 1. The van der Waals surface area contributed by atoms with Crippen LogP contribution in [0, 0.1) is 0 Å². The van der Waals surface area contributed by atoms with Gasteiger partial charge >= 0.3 is 11.9 Å². The summed E-state index contributed by atoms with van der Waals surface area (Å²) in [6, 6.07) is 7.17. The Morgan fingerprint density at radius 1 is 1.20 bits per heavy atom. The minimum Gasteiger partial charge on any atom is -0.491 e. The number of rotatable bonds is 5. The maximum Gasteiger partial charge on any atom is 0.350 e. The first-order chi connectivity index (χ1) is 11.9. The molecule has 0 radical (unpaired) electrons. The highest BCUT2D eigenvalue weighted by Gasteiger charge is 2.38. The number of ether oxygens (including phenoxy) is 4. The summed E-state index contributed by atoms with van der Waals surface area (Å²) in [7, 11) is 0. The molecule has 2 saturated heterocycles. The molecule has 2 aliphatic heterocycles. The first-order valence-electron chi connectivity index (χ1n) is 8.21. The molecule has 7 heteroatoms. The fourth-order valence-corrected chi connectivity index (χ4v) is 2.55. The highest BCUT2D eigenvalue weighted by Crippen LogP contribution is 2.23. The van der Waals surface area contributed by atoms with E-state index in [1.54, 1.807) is 24.3 Å². The molecule has 7 nitrogen and oxygen atoms in total. The molecule has 0 saturated carbocycles. The SMILES string of the molecule is CC1(C)OC(=O)C(=CNc2ccc(OCC3CCCO3)cc2)C(=O)O1. The molecule has 2 heterocycles. The molecule has 2 fully saturated rings. The molecule has 3 rings (SSSR count). The van der Waals surface area contributed by atoms with Crippen molar-refractivity contribution in [3.8, 4) is 5.75 Å². The van der Waals surface area contributed by atoms with Crippen molar-refractivity contribution in [1.29, 1.82) is 0 Å². The number of nitrogens with one attached hydrogen (secondary N) is 1. The van der Waals surface area contributed by atoms with Crippen molar-refractivity contribution < 1.29 is 28.5 Å². The van der Waals surface area contributed by atoms with Gasteiger partial charge in [-0.05, 0) is 37.1 Å². The molecule has 134 valence electrons. The summed E-state index contributed by atoms with van der Waals surface area (Å²) in [5.74, 6) is -1.95. The fraction of sp³-hybridized carbons (Fsp3) is 0.444. The van der Waals surface area contributed by atoms with Gasteiger partial charge in [0.25, 0.3) is 5.79 Å². The van der Waals surface area contributed by atoms with Gasteiger partial charge in [-0.1, -0.05) is 0 Å². The summed E-state index contributed by atoms with van der Waals surface area (Å²) in [5.41, 5.74) is 0.514. The number of hydrogen-bond acceptors (Lipinski definition) is 7. The van der Waals surface area contributed by atoms with Crippen LogP contribution in [0.15, 0.2) is 36.0 Å². The Morgan fingerprint density at radius 3 is 2.48 bits per heavy atom. The summed E-state index contributed by atoms with van der Waals surface area (Å²) in [4.78, 5) is 23.7. The van der Waals surface area contributed by atoms with Crippen LogP contribution in [0.3, 0.4) is 0 Å². The van der Waals surface area contributed by atoms with E-state index in [0.717, 1.165) is 25.2 Å². The predicted octanol–water partition coefficient (Wildman–Crippen LogP) is 2.38. The van der Waals surface area contributed by atoms with Crippen molar-refractivity contribution in [3.05, 3.63) is 36.0 Å². The van der Waals surface area contributed by atoms with Crippen molar-refractivity contribution in [2.75, 3.05) is 18.5 Å². The van der Waals surface area contributed by atoms with Gasteiger partial charge in [0.2, 0.25) is 0 Å². The van der Waals surface area contributed by atoms with Crippen molar-refractivity contribution in [1.82, 2.24) is 0 Å². The zero-order valence-electron chi connectivity index (χ0n) is 14.2. The quantitative estimate of drug-likeness (QED) is 0.497. The third-order valence-electron chi connectivity index (χ3n) is 3.81. The summed E-state index contributed by atoms with van der Waals surface area (Å²) in [6.45, 7) is 4.34. The van der Waals surface area contributed by atoms with Crippen LogP contribution in [0.25, 0.3) is 0 Å². The second-order valence-electron chi connectivity index (χ2n) is 6.35. The normalized spacial score (nSPS) is 22.2. The highest BCUT2D eigenvalue weighted by atomic mass is 16.7. The number of carbonyl (C=O) groups is 2. The molecule has 0 amide bonds. The zero-order valence-corrected chi connectivity index (χ0v) is 14.2. The fourth-order valence-electron chi connectivity index (χ4n) is 2.55. The molecule has 0 spiro atoms. The lowest BCUT2D eigenvalue weighted by Crippen LogP contribution is -2.42. The third-order valence-corrected chi connectivity index (χ3v) is 3.81. The molecule has 1 aromatic carbocycles. The Morgan fingerprint density at radius 2 is 1.88 bits per heavy atom. The van der Waals surface area contributed by atoms with E-state index in [0.29, 0.717) is 12.3 Å². The van der Waals surface area contributed by atoms with Gasteiger partial charge in [-0.3, -0.25) is 0 Å². The van der Waals surface area contributed by atoms with E-state index in [1.807, 2.05) is 0 Å². The minimum atomic E-state index is -1.24. The Bertz CT molecular complexity index is 651. The van der Waals surface area contributed by atoms with Gasteiger partial charge in [0.05, 0.1) is 6.10 Å².